The Morgan fingerprint density at radius 1 is 0.857 bits per heavy atom. The summed E-state index contributed by atoms with van der Waals surface area (Å²) in [6.45, 7) is 3.42. The summed E-state index contributed by atoms with van der Waals surface area (Å²) in [7, 11) is 3.28. The SMILES string of the molecule is COC1CC(CC[C@H]2C[C@H](O)[C@H](CCO)[C@H](C3CC(OC)C(O)C(OC[C@H]4[NH2+][C@H](C)CC[C@]4(CC4CC[NH2+]C(N)C4)C4(C(=O)[O-])CCCCC4)C3)O2)CCC1O. The van der Waals surface area contributed by atoms with Crippen LogP contribution < -0.4 is 21.5 Å². The minimum Gasteiger partial charge on any atom is -0.550 e. The van der Waals surface area contributed by atoms with Gasteiger partial charge in [-0.25, -0.2) is 0 Å². The number of hydrogen-bond donors (Lipinski definition) is 7. The normalized spacial score (nSPS) is 45.0. The molecule has 3 aliphatic carbocycles. The van der Waals surface area contributed by atoms with Gasteiger partial charge in [0.05, 0.1) is 61.9 Å². The number of carbonyl (C=O) groups is 1. The standard InChI is InChI=1S/C43H77N3O10/c1-26-11-16-43(24-28-12-17-45-38(44)20-28,42(41(51)52)14-5-4-6-15-42)37(46-26)25-55-36-22-29(21-35(54-3)39(36)50)40-31(13-18-47)33(49)23-30(56-40)9-7-27-8-10-32(48)34(19-27)53-2/h26-40,45-50H,4-25,44H2,1-3H3,(H,51,52)/p+1/t26-,27?,28?,29?,30+,31+,32?,33+,34?,35?,36?,37-,38?,39?,40+,43-/m1/s1. The average molecular weight is 797 g/mol. The van der Waals surface area contributed by atoms with Crippen molar-refractivity contribution in [2.45, 2.75) is 196 Å². The van der Waals surface area contributed by atoms with Gasteiger partial charge in [-0.3, -0.25) is 5.73 Å². The molecule has 324 valence electrons. The fourth-order valence-electron chi connectivity index (χ4n) is 12.9. The number of carboxylic acid groups (broad SMARTS) is 1. The van der Waals surface area contributed by atoms with E-state index >= 15 is 0 Å². The summed E-state index contributed by atoms with van der Waals surface area (Å²) in [6, 6.07) is 0.181. The Hall–Kier alpha value is -0.970. The van der Waals surface area contributed by atoms with Crippen LogP contribution in [0.2, 0.25) is 0 Å². The van der Waals surface area contributed by atoms with Gasteiger partial charge in [0.25, 0.3) is 0 Å². The fourth-order valence-corrected chi connectivity index (χ4v) is 12.9. The number of carbonyl (C=O) groups excluding carboxylic acids is 1. The third-order valence-electron chi connectivity index (χ3n) is 16.1. The van der Waals surface area contributed by atoms with Crippen molar-refractivity contribution in [1.82, 2.24) is 0 Å². The van der Waals surface area contributed by atoms with Gasteiger partial charge in [-0.05, 0) is 121 Å². The minimum absolute atomic E-state index is 0.0247. The molecule has 9 unspecified atom stereocenters. The summed E-state index contributed by atoms with van der Waals surface area (Å²) in [4.78, 5) is 13.6. The van der Waals surface area contributed by atoms with Gasteiger partial charge in [-0.2, -0.15) is 0 Å². The monoisotopic (exact) mass is 797 g/mol. The molecule has 10 N–H and O–H groups in total. The summed E-state index contributed by atoms with van der Waals surface area (Å²) in [5.41, 5.74) is 5.00. The molecule has 13 heteroatoms. The van der Waals surface area contributed by atoms with Crippen LogP contribution in [0.15, 0.2) is 0 Å². The molecule has 0 amide bonds. The van der Waals surface area contributed by atoms with E-state index in [0.29, 0.717) is 63.0 Å². The van der Waals surface area contributed by atoms with Crippen LogP contribution in [0, 0.1) is 34.5 Å². The Balaban J connectivity index is 1.21. The Bertz CT molecular complexity index is 1230. The molecule has 3 aliphatic heterocycles. The van der Waals surface area contributed by atoms with Crippen molar-refractivity contribution in [2.75, 3.05) is 34.0 Å². The van der Waals surface area contributed by atoms with Crippen LogP contribution in [0.25, 0.3) is 0 Å². The molecule has 6 fully saturated rings. The van der Waals surface area contributed by atoms with Crippen LogP contribution in [0.5, 0.6) is 0 Å². The van der Waals surface area contributed by atoms with E-state index < -0.39 is 47.3 Å². The third kappa shape index (κ3) is 9.80. The first-order chi connectivity index (χ1) is 26.9. The Morgan fingerprint density at radius 3 is 2.30 bits per heavy atom. The number of piperidine rings is 2. The van der Waals surface area contributed by atoms with Gasteiger partial charge < -0.3 is 59.9 Å². The predicted molar refractivity (Wildman–Crippen MR) is 207 cm³/mol. The number of methoxy groups -OCH3 is 2. The number of quaternary nitrogens is 2. The van der Waals surface area contributed by atoms with Crippen LogP contribution in [0.4, 0.5) is 0 Å². The van der Waals surface area contributed by atoms with E-state index in [1.165, 1.54) is 0 Å². The maximum Gasteiger partial charge on any atom is 0.137 e. The molecule has 3 saturated carbocycles. The molecule has 0 bridgehead atoms. The molecular formula is C43H78N3O10+. The lowest BCUT2D eigenvalue weighted by Gasteiger charge is -2.59. The van der Waals surface area contributed by atoms with Crippen LogP contribution >= 0.6 is 0 Å². The average Bonchev–Trinajstić information content (AvgIpc) is 3.19. The van der Waals surface area contributed by atoms with Crippen molar-refractivity contribution in [3.05, 3.63) is 0 Å². The highest BCUT2D eigenvalue weighted by atomic mass is 16.5. The number of aliphatic hydroxyl groups is 4. The van der Waals surface area contributed by atoms with Crippen molar-refractivity contribution in [3.63, 3.8) is 0 Å². The molecule has 3 heterocycles. The number of nitrogens with two attached hydrogens (primary N) is 3. The van der Waals surface area contributed by atoms with Gasteiger partial charge in [0.1, 0.15) is 18.3 Å². The summed E-state index contributed by atoms with van der Waals surface area (Å²) in [5, 5.41) is 61.9. The van der Waals surface area contributed by atoms with Gasteiger partial charge in [0.2, 0.25) is 0 Å². The van der Waals surface area contributed by atoms with Gasteiger partial charge in [0.15, 0.2) is 0 Å². The molecule has 0 aromatic carbocycles. The Labute approximate surface area is 335 Å². The molecule has 3 saturated heterocycles. The summed E-state index contributed by atoms with van der Waals surface area (Å²) >= 11 is 0. The van der Waals surface area contributed by atoms with Crippen molar-refractivity contribution >= 4 is 5.97 Å². The second-order valence-electron chi connectivity index (χ2n) is 19.4. The van der Waals surface area contributed by atoms with E-state index in [2.05, 4.69) is 17.6 Å². The highest BCUT2D eigenvalue weighted by molar-refractivity contribution is 5.74. The van der Waals surface area contributed by atoms with E-state index in [1.807, 2.05) is 0 Å². The molecule has 0 aromatic heterocycles. The molecule has 16 atom stereocenters. The number of aliphatic carboxylic acids is 1. The van der Waals surface area contributed by atoms with Gasteiger partial charge in [0, 0.05) is 50.0 Å². The number of aliphatic hydroxyl groups excluding tert-OH is 4. The van der Waals surface area contributed by atoms with E-state index in [9.17, 15) is 30.3 Å². The second kappa shape index (κ2) is 20.1. The summed E-state index contributed by atoms with van der Waals surface area (Å²) in [6.07, 6.45) is 11.1. The van der Waals surface area contributed by atoms with Gasteiger partial charge in [-0.1, -0.05) is 19.3 Å². The van der Waals surface area contributed by atoms with E-state index in [4.69, 9.17) is 24.7 Å². The second-order valence-corrected chi connectivity index (χ2v) is 19.4. The van der Waals surface area contributed by atoms with Crippen molar-refractivity contribution in [3.8, 4) is 0 Å². The lowest BCUT2D eigenvalue weighted by molar-refractivity contribution is -0.747. The maximum absolute atomic E-state index is 13.6. The fraction of sp³-hybridized carbons (Fsp3) is 0.977. The third-order valence-corrected chi connectivity index (χ3v) is 16.1. The first-order valence-electron chi connectivity index (χ1n) is 22.6. The smallest absolute Gasteiger partial charge is 0.137 e. The van der Waals surface area contributed by atoms with Crippen LogP contribution in [-0.2, 0) is 23.7 Å². The zero-order valence-electron chi connectivity index (χ0n) is 34.7. The molecule has 6 aliphatic rings. The zero-order chi connectivity index (χ0) is 40.0. The highest BCUT2D eigenvalue weighted by Crippen LogP contribution is 2.58. The predicted octanol–water partition coefficient (Wildman–Crippen LogP) is 0.0801. The van der Waals surface area contributed by atoms with Crippen LogP contribution in [0.3, 0.4) is 0 Å². The van der Waals surface area contributed by atoms with Gasteiger partial charge >= 0.3 is 0 Å². The Morgan fingerprint density at radius 2 is 1.61 bits per heavy atom. The van der Waals surface area contributed by atoms with Gasteiger partial charge in [-0.15, -0.1) is 0 Å². The lowest BCUT2D eigenvalue weighted by Crippen LogP contribution is -3.01. The molecule has 6 rings (SSSR count). The van der Waals surface area contributed by atoms with E-state index in [1.54, 1.807) is 14.2 Å². The van der Waals surface area contributed by atoms with E-state index in [0.717, 1.165) is 90.0 Å². The number of rotatable bonds is 15. The first-order valence-corrected chi connectivity index (χ1v) is 22.6. The molecule has 0 spiro atoms. The maximum atomic E-state index is 13.6. The van der Waals surface area contributed by atoms with E-state index in [-0.39, 0.29) is 49.0 Å². The topological polar surface area (TPSA) is 217 Å². The largest absolute Gasteiger partial charge is 0.550 e. The van der Waals surface area contributed by atoms with Crippen LogP contribution in [-0.4, -0.2) is 127 Å². The molecule has 13 nitrogen and oxygen atoms in total. The molecular weight excluding hydrogens is 718 g/mol. The minimum atomic E-state index is -0.940. The first kappa shape index (κ1) is 44.6. The molecule has 56 heavy (non-hydrogen) atoms. The quantitative estimate of drug-likeness (QED) is 0.118. The van der Waals surface area contributed by atoms with Crippen molar-refractivity contribution < 1.29 is 59.9 Å². The summed E-state index contributed by atoms with van der Waals surface area (Å²) < 4.78 is 25.3. The highest BCUT2D eigenvalue weighted by Gasteiger charge is 2.61. The number of hydrogen-bond acceptors (Lipinski definition) is 11. The summed E-state index contributed by atoms with van der Waals surface area (Å²) in [5.74, 6) is -0.506. The van der Waals surface area contributed by atoms with Crippen molar-refractivity contribution in [2.24, 2.45) is 40.2 Å². The van der Waals surface area contributed by atoms with Crippen LogP contribution in [0.1, 0.15) is 129 Å². The number of carboxylic acids is 1. The molecule has 0 radical (unpaired) electrons. The zero-order valence-corrected chi connectivity index (χ0v) is 34.7. The lowest BCUT2D eigenvalue weighted by atomic mass is 9.48. The molecule has 0 aromatic rings. The number of ether oxygens (including phenoxy) is 4. The Kier molecular flexibility index (Phi) is 16.0. The van der Waals surface area contributed by atoms with Crippen molar-refractivity contribution in [1.29, 1.82) is 0 Å².